The van der Waals surface area contributed by atoms with Gasteiger partial charge in [0.25, 0.3) is 5.91 Å². The van der Waals surface area contributed by atoms with Crippen molar-refractivity contribution >= 4 is 15.7 Å². The average Bonchev–Trinajstić information content (AvgIpc) is 3.40. The number of carbonyl (C=O) groups is 1. The molecule has 3 aliphatic rings. The lowest BCUT2D eigenvalue weighted by Gasteiger charge is -2.39. The lowest BCUT2D eigenvalue weighted by Crippen LogP contribution is -2.43. The predicted octanol–water partition coefficient (Wildman–Crippen LogP) is 4.87. The van der Waals surface area contributed by atoms with E-state index in [-0.39, 0.29) is 28.9 Å². The van der Waals surface area contributed by atoms with Crippen LogP contribution in [0.3, 0.4) is 0 Å². The highest BCUT2D eigenvalue weighted by molar-refractivity contribution is 7.90. The Balaban J connectivity index is 0.919. The van der Waals surface area contributed by atoms with Gasteiger partial charge in [-0.25, -0.2) is 8.42 Å². The van der Waals surface area contributed by atoms with E-state index in [1.807, 2.05) is 17.0 Å². The van der Waals surface area contributed by atoms with Crippen LogP contribution in [-0.2, 0) is 22.7 Å². The summed E-state index contributed by atoms with van der Waals surface area (Å²) in [5, 5.41) is 23.7. The standard InChI is InChI=1S/C36H44N2O6S/c1-45(42,43)34-20-32(14-15-33(34)40)44-24-31(39)23-37-30-12-10-26(11-13-30)25-6-8-27(9-7-25)35(41)38-18-16-36(17-19-38)21-28-4-2-3-5-29(28)22-36/h2-9,14-15,20,26,30-31,37,39-40H,10-13,16-19,21-24H2,1H3/t26?,30?,31-/m0/s1. The molecule has 6 rings (SSSR count). The van der Waals surface area contributed by atoms with Crippen molar-refractivity contribution in [3.63, 3.8) is 0 Å². The predicted molar refractivity (Wildman–Crippen MR) is 174 cm³/mol. The van der Waals surface area contributed by atoms with Crippen LogP contribution in [-0.4, -0.2) is 74.1 Å². The monoisotopic (exact) mass is 632 g/mol. The summed E-state index contributed by atoms with van der Waals surface area (Å²) in [5.41, 5.74) is 5.35. The SMILES string of the molecule is CS(=O)(=O)c1cc(OC[C@@H](O)CNC2CCC(c3ccc(C(=O)N4CCC5(CC4)Cc4ccccc4C5)cc3)CC2)ccc1O. The fraction of sp³-hybridized carbons (Fsp3) is 0.472. The van der Waals surface area contributed by atoms with Gasteiger partial charge in [-0.15, -0.1) is 0 Å². The molecule has 1 aliphatic heterocycles. The second-order valence-corrected chi connectivity index (χ2v) is 15.3. The van der Waals surface area contributed by atoms with Gasteiger partial charge < -0.3 is 25.2 Å². The van der Waals surface area contributed by atoms with Crippen LogP contribution in [0.15, 0.2) is 71.6 Å². The van der Waals surface area contributed by atoms with Gasteiger partial charge >= 0.3 is 0 Å². The summed E-state index contributed by atoms with van der Waals surface area (Å²) in [6.07, 6.45) is 8.74. The Bertz CT molecular complexity index is 1580. The Labute approximate surface area is 266 Å². The number of fused-ring (bicyclic) bond motifs is 1. The molecule has 0 aromatic heterocycles. The van der Waals surface area contributed by atoms with Crippen molar-refractivity contribution in [2.45, 2.75) is 74.3 Å². The number of benzene rings is 3. The summed E-state index contributed by atoms with van der Waals surface area (Å²) in [6.45, 7) is 2.03. The minimum Gasteiger partial charge on any atom is -0.507 e. The van der Waals surface area contributed by atoms with E-state index >= 15 is 0 Å². The van der Waals surface area contributed by atoms with Crippen molar-refractivity contribution in [2.24, 2.45) is 5.41 Å². The van der Waals surface area contributed by atoms with Gasteiger partial charge in [-0.3, -0.25) is 4.79 Å². The first-order valence-electron chi connectivity index (χ1n) is 16.1. The fourth-order valence-electron chi connectivity index (χ4n) is 7.46. The molecule has 240 valence electrons. The molecule has 45 heavy (non-hydrogen) atoms. The number of sulfone groups is 1. The quantitative estimate of drug-likeness (QED) is 0.308. The fourth-order valence-corrected chi connectivity index (χ4v) is 8.24. The number of carbonyl (C=O) groups excluding carboxylic acids is 1. The van der Waals surface area contributed by atoms with E-state index < -0.39 is 15.9 Å². The highest BCUT2D eigenvalue weighted by Gasteiger charge is 2.40. The molecule has 1 atom stereocenters. The van der Waals surface area contributed by atoms with Gasteiger partial charge in [0.1, 0.15) is 29.1 Å². The van der Waals surface area contributed by atoms with E-state index in [1.165, 1.54) is 34.9 Å². The largest absolute Gasteiger partial charge is 0.507 e. The zero-order valence-corrected chi connectivity index (χ0v) is 26.8. The van der Waals surface area contributed by atoms with Crippen LogP contribution in [0.4, 0.5) is 0 Å². The number of nitrogens with zero attached hydrogens (tertiary/aromatic N) is 1. The molecule has 3 aromatic rings. The molecule has 0 radical (unpaired) electrons. The smallest absolute Gasteiger partial charge is 0.253 e. The third kappa shape index (κ3) is 7.37. The normalized spacial score (nSPS) is 21.8. The maximum Gasteiger partial charge on any atom is 0.253 e. The Morgan fingerprint density at radius 3 is 2.24 bits per heavy atom. The van der Waals surface area contributed by atoms with Crippen molar-refractivity contribution < 1.29 is 28.2 Å². The van der Waals surface area contributed by atoms with Gasteiger partial charge in [0, 0.05) is 43.6 Å². The number of rotatable bonds is 9. The molecule has 9 heteroatoms. The van der Waals surface area contributed by atoms with E-state index in [4.69, 9.17) is 4.74 Å². The number of amides is 1. The van der Waals surface area contributed by atoms with Crippen molar-refractivity contribution in [1.82, 2.24) is 10.2 Å². The zero-order chi connectivity index (χ0) is 31.6. The highest BCUT2D eigenvalue weighted by atomic mass is 32.2. The number of piperidine rings is 1. The number of phenolic OH excluding ortho intramolecular Hbond substituents is 1. The van der Waals surface area contributed by atoms with Crippen molar-refractivity contribution in [3.05, 3.63) is 89.0 Å². The highest BCUT2D eigenvalue weighted by Crippen LogP contribution is 2.44. The number of hydrogen-bond donors (Lipinski definition) is 3. The first-order chi connectivity index (χ1) is 21.6. The van der Waals surface area contributed by atoms with Crippen LogP contribution in [0.1, 0.15) is 71.5 Å². The Hall–Kier alpha value is -3.40. The lowest BCUT2D eigenvalue weighted by atomic mass is 9.76. The minimum absolute atomic E-state index is 0.00789. The van der Waals surface area contributed by atoms with Crippen molar-refractivity contribution in [2.75, 3.05) is 32.5 Å². The van der Waals surface area contributed by atoms with Crippen LogP contribution in [0.2, 0.25) is 0 Å². The van der Waals surface area contributed by atoms with Gasteiger partial charge in [0.05, 0.1) is 0 Å². The molecule has 0 bridgehead atoms. The summed E-state index contributed by atoms with van der Waals surface area (Å²) in [5.74, 6) is 0.551. The van der Waals surface area contributed by atoms with Gasteiger partial charge in [-0.2, -0.15) is 0 Å². The van der Waals surface area contributed by atoms with E-state index in [1.54, 1.807) is 0 Å². The van der Waals surface area contributed by atoms with Crippen LogP contribution < -0.4 is 10.1 Å². The molecular weight excluding hydrogens is 588 g/mol. The van der Waals surface area contributed by atoms with E-state index in [9.17, 15) is 23.4 Å². The molecule has 2 aliphatic carbocycles. The molecular formula is C36H44N2O6S. The number of aliphatic hydroxyl groups excluding tert-OH is 1. The Kier molecular flexibility index (Phi) is 9.22. The summed E-state index contributed by atoms with van der Waals surface area (Å²) >= 11 is 0. The first-order valence-corrected chi connectivity index (χ1v) is 18.0. The number of likely N-dealkylation sites (tertiary alicyclic amines) is 1. The summed E-state index contributed by atoms with van der Waals surface area (Å²) in [6, 6.07) is 21.4. The summed E-state index contributed by atoms with van der Waals surface area (Å²) in [4.78, 5) is 15.2. The third-order valence-electron chi connectivity index (χ3n) is 10.1. The van der Waals surface area contributed by atoms with Gasteiger partial charge in [0.15, 0.2) is 9.84 Å². The van der Waals surface area contributed by atoms with Gasteiger partial charge in [-0.1, -0.05) is 36.4 Å². The molecule has 2 fully saturated rings. The van der Waals surface area contributed by atoms with Crippen molar-refractivity contribution in [3.8, 4) is 11.5 Å². The van der Waals surface area contributed by atoms with Gasteiger partial charge in [0.2, 0.25) is 0 Å². The molecule has 3 N–H and O–H groups in total. The molecule has 0 unspecified atom stereocenters. The molecule has 1 amide bonds. The molecule has 1 heterocycles. The number of aromatic hydroxyl groups is 1. The lowest BCUT2D eigenvalue weighted by molar-refractivity contribution is 0.0593. The molecule has 3 aromatic carbocycles. The van der Waals surface area contributed by atoms with Crippen LogP contribution in [0, 0.1) is 5.41 Å². The van der Waals surface area contributed by atoms with E-state index in [0.29, 0.717) is 23.9 Å². The molecule has 8 nitrogen and oxygen atoms in total. The van der Waals surface area contributed by atoms with Crippen LogP contribution >= 0.6 is 0 Å². The third-order valence-corrected chi connectivity index (χ3v) is 11.3. The summed E-state index contributed by atoms with van der Waals surface area (Å²) < 4.78 is 29.2. The molecule has 1 saturated carbocycles. The first kappa shape index (κ1) is 31.6. The zero-order valence-electron chi connectivity index (χ0n) is 26.0. The second-order valence-electron chi connectivity index (χ2n) is 13.4. The van der Waals surface area contributed by atoms with Crippen molar-refractivity contribution in [1.29, 1.82) is 0 Å². The number of aliphatic hydroxyl groups is 1. The van der Waals surface area contributed by atoms with Gasteiger partial charge in [-0.05, 0) is 104 Å². The maximum atomic E-state index is 13.3. The number of ether oxygens (including phenoxy) is 1. The van der Waals surface area contributed by atoms with E-state index in [0.717, 1.165) is 76.3 Å². The topological polar surface area (TPSA) is 116 Å². The maximum absolute atomic E-state index is 13.3. The average molecular weight is 633 g/mol. The van der Waals surface area contributed by atoms with E-state index in [2.05, 4.69) is 41.7 Å². The number of phenols is 1. The summed E-state index contributed by atoms with van der Waals surface area (Å²) in [7, 11) is -3.59. The van der Waals surface area contributed by atoms with Crippen LogP contribution in [0.25, 0.3) is 0 Å². The number of nitrogens with one attached hydrogen (secondary N) is 1. The molecule has 1 saturated heterocycles. The second kappa shape index (κ2) is 13.1. The minimum atomic E-state index is -3.59. The Morgan fingerprint density at radius 2 is 1.62 bits per heavy atom. The molecule has 1 spiro atoms. The van der Waals surface area contributed by atoms with Crippen LogP contribution in [0.5, 0.6) is 11.5 Å². The number of hydrogen-bond acceptors (Lipinski definition) is 7. The Morgan fingerprint density at radius 1 is 0.978 bits per heavy atom.